The summed E-state index contributed by atoms with van der Waals surface area (Å²) in [6, 6.07) is 10.8. The molecule has 3 amide bonds. The third-order valence-corrected chi connectivity index (χ3v) is 8.20. The zero-order valence-corrected chi connectivity index (χ0v) is 19.5. The highest BCUT2D eigenvalue weighted by Crippen LogP contribution is 2.27. The average molecular weight is 470 g/mol. The van der Waals surface area contributed by atoms with Crippen molar-refractivity contribution in [2.24, 2.45) is 0 Å². The minimum atomic E-state index is -3.48. The summed E-state index contributed by atoms with van der Waals surface area (Å²) in [5, 5.41) is 2.78. The molecule has 2 heterocycles. The van der Waals surface area contributed by atoms with Crippen molar-refractivity contribution in [2.45, 2.75) is 50.6 Å². The lowest BCUT2D eigenvalue weighted by Crippen LogP contribution is -2.37. The van der Waals surface area contributed by atoms with Crippen LogP contribution in [0.25, 0.3) is 0 Å². The van der Waals surface area contributed by atoms with Crippen LogP contribution in [0, 0.1) is 0 Å². The summed E-state index contributed by atoms with van der Waals surface area (Å²) in [5.41, 5.74) is 1.59. The van der Waals surface area contributed by atoms with Crippen LogP contribution in [0.3, 0.4) is 0 Å². The van der Waals surface area contributed by atoms with Gasteiger partial charge in [-0.1, -0.05) is 19.1 Å². The second kappa shape index (κ2) is 9.07. The van der Waals surface area contributed by atoms with Gasteiger partial charge in [0, 0.05) is 31.2 Å². The van der Waals surface area contributed by atoms with E-state index >= 15 is 0 Å². The number of rotatable bonds is 7. The lowest BCUT2D eigenvalue weighted by molar-refractivity contribution is 0.0593. The number of carbonyl (C=O) groups is 3. The van der Waals surface area contributed by atoms with Gasteiger partial charge in [-0.25, -0.2) is 8.42 Å². The minimum absolute atomic E-state index is 0.200. The predicted octanol–water partition coefficient (Wildman–Crippen LogP) is 2.80. The van der Waals surface area contributed by atoms with Gasteiger partial charge in [-0.3, -0.25) is 19.3 Å². The Hall–Kier alpha value is -3.04. The van der Waals surface area contributed by atoms with Crippen LogP contribution < -0.4 is 5.32 Å². The second-order valence-corrected chi connectivity index (χ2v) is 10.4. The van der Waals surface area contributed by atoms with E-state index < -0.39 is 10.0 Å². The average Bonchev–Trinajstić information content (AvgIpc) is 3.45. The number of benzene rings is 2. The molecule has 4 rings (SSSR count). The molecule has 2 aliphatic heterocycles. The number of imide groups is 1. The number of hydrogen-bond acceptors (Lipinski definition) is 5. The topological polar surface area (TPSA) is 104 Å². The first-order valence-electron chi connectivity index (χ1n) is 11.1. The number of carbonyl (C=O) groups excluding carboxylic acids is 3. The predicted molar refractivity (Wildman–Crippen MR) is 122 cm³/mol. The van der Waals surface area contributed by atoms with Crippen LogP contribution >= 0.6 is 0 Å². The molecular weight excluding hydrogens is 442 g/mol. The summed E-state index contributed by atoms with van der Waals surface area (Å²) in [6.45, 7) is 5.01. The quantitative estimate of drug-likeness (QED) is 0.628. The van der Waals surface area contributed by atoms with E-state index in [-0.39, 0.29) is 46.3 Å². The fourth-order valence-corrected chi connectivity index (χ4v) is 5.64. The van der Waals surface area contributed by atoms with Crippen molar-refractivity contribution in [3.8, 4) is 0 Å². The summed E-state index contributed by atoms with van der Waals surface area (Å²) in [6.07, 6.45) is 2.40. The third-order valence-electron chi connectivity index (χ3n) is 6.29. The van der Waals surface area contributed by atoms with E-state index in [1.165, 1.54) is 27.4 Å². The van der Waals surface area contributed by atoms with E-state index in [1.54, 1.807) is 24.3 Å². The first-order valence-corrected chi connectivity index (χ1v) is 12.6. The third kappa shape index (κ3) is 4.30. The van der Waals surface area contributed by atoms with Crippen molar-refractivity contribution in [1.29, 1.82) is 0 Å². The normalized spacial score (nSPS) is 17.3. The Kier molecular flexibility index (Phi) is 6.36. The van der Waals surface area contributed by atoms with Crippen LogP contribution in [0.1, 0.15) is 69.7 Å². The molecule has 0 aliphatic carbocycles. The smallest absolute Gasteiger partial charge is 0.261 e. The van der Waals surface area contributed by atoms with Gasteiger partial charge in [0.25, 0.3) is 17.7 Å². The molecule has 2 aromatic carbocycles. The summed E-state index contributed by atoms with van der Waals surface area (Å²) < 4.78 is 26.7. The zero-order chi connectivity index (χ0) is 23.8. The minimum Gasteiger partial charge on any atom is -0.348 e. The van der Waals surface area contributed by atoms with E-state index in [0.29, 0.717) is 25.1 Å². The fourth-order valence-electron chi connectivity index (χ4n) is 4.12. The van der Waals surface area contributed by atoms with Gasteiger partial charge in [-0.2, -0.15) is 4.31 Å². The summed E-state index contributed by atoms with van der Waals surface area (Å²) in [4.78, 5) is 39.4. The molecule has 2 aromatic rings. The summed E-state index contributed by atoms with van der Waals surface area (Å²) in [5.74, 6) is -1.09. The number of nitrogens with one attached hydrogen (secondary N) is 1. The highest BCUT2D eigenvalue weighted by Gasteiger charge is 2.38. The standard InChI is InChI=1S/C24H27N3O5S/c1-3-16(2)27-23(29)20-11-8-18(14-21(20)24(27)30)22(28)25-15-17-6-9-19(10-7-17)33(31,32)26-12-4-5-13-26/h6-11,14,16H,3-5,12-13,15H2,1-2H3,(H,25,28). The van der Waals surface area contributed by atoms with E-state index in [2.05, 4.69) is 5.32 Å². The molecule has 174 valence electrons. The second-order valence-electron chi connectivity index (χ2n) is 8.44. The number of sulfonamides is 1. The lowest BCUT2D eigenvalue weighted by Gasteiger charge is -2.20. The van der Waals surface area contributed by atoms with Gasteiger partial charge in [0.05, 0.1) is 16.0 Å². The van der Waals surface area contributed by atoms with Crippen LogP contribution in [0.2, 0.25) is 0 Å². The van der Waals surface area contributed by atoms with Crippen LogP contribution in [0.5, 0.6) is 0 Å². The molecule has 33 heavy (non-hydrogen) atoms. The van der Waals surface area contributed by atoms with Crippen molar-refractivity contribution in [3.05, 3.63) is 64.7 Å². The van der Waals surface area contributed by atoms with Gasteiger partial charge in [0.1, 0.15) is 0 Å². The van der Waals surface area contributed by atoms with Crippen LogP contribution in [0.4, 0.5) is 0 Å². The van der Waals surface area contributed by atoms with Crippen molar-refractivity contribution < 1.29 is 22.8 Å². The highest BCUT2D eigenvalue weighted by atomic mass is 32.2. The lowest BCUT2D eigenvalue weighted by atomic mass is 10.1. The Morgan fingerprint density at radius 3 is 2.27 bits per heavy atom. The molecule has 1 saturated heterocycles. The van der Waals surface area contributed by atoms with Gasteiger partial charge >= 0.3 is 0 Å². The molecule has 0 radical (unpaired) electrons. The van der Waals surface area contributed by atoms with E-state index in [1.807, 2.05) is 13.8 Å². The highest BCUT2D eigenvalue weighted by molar-refractivity contribution is 7.89. The molecule has 1 N–H and O–H groups in total. The van der Waals surface area contributed by atoms with Crippen molar-refractivity contribution in [3.63, 3.8) is 0 Å². The van der Waals surface area contributed by atoms with Gasteiger partial charge < -0.3 is 5.32 Å². The Morgan fingerprint density at radius 2 is 1.64 bits per heavy atom. The first kappa shape index (κ1) is 23.1. The number of amides is 3. The molecule has 2 aliphatic rings. The SMILES string of the molecule is CCC(C)N1C(=O)c2ccc(C(=O)NCc3ccc(S(=O)(=O)N4CCCC4)cc3)cc2C1=O. The molecule has 1 unspecified atom stereocenters. The van der Waals surface area contributed by atoms with Crippen molar-refractivity contribution >= 4 is 27.7 Å². The largest absolute Gasteiger partial charge is 0.348 e. The first-order chi connectivity index (χ1) is 15.7. The number of fused-ring (bicyclic) bond motifs is 1. The van der Waals surface area contributed by atoms with E-state index in [9.17, 15) is 22.8 Å². The van der Waals surface area contributed by atoms with Crippen LogP contribution in [-0.4, -0.2) is 54.5 Å². The Bertz CT molecular complexity index is 1200. The molecule has 1 fully saturated rings. The zero-order valence-electron chi connectivity index (χ0n) is 18.7. The monoisotopic (exact) mass is 469 g/mol. The van der Waals surface area contributed by atoms with Crippen molar-refractivity contribution in [2.75, 3.05) is 13.1 Å². The molecule has 0 bridgehead atoms. The van der Waals surface area contributed by atoms with Crippen LogP contribution in [-0.2, 0) is 16.6 Å². The van der Waals surface area contributed by atoms with Gasteiger partial charge in [-0.05, 0) is 62.1 Å². The molecule has 8 nitrogen and oxygen atoms in total. The number of hydrogen-bond donors (Lipinski definition) is 1. The Labute approximate surface area is 193 Å². The maximum absolute atomic E-state index is 12.7. The van der Waals surface area contributed by atoms with Crippen molar-refractivity contribution in [1.82, 2.24) is 14.5 Å². The van der Waals surface area contributed by atoms with E-state index in [0.717, 1.165) is 18.4 Å². The maximum Gasteiger partial charge on any atom is 0.261 e. The van der Waals surface area contributed by atoms with E-state index in [4.69, 9.17) is 0 Å². The molecule has 9 heteroatoms. The molecule has 0 spiro atoms. The van der Waals surface area contributed by atoms with Crippen LogP contribution in [0.15, 0.2) is 47.4 Å². The number of nitrogens with zero attached hydrogens (tertiary/aromatic N) is 2. The molecule has 1 atom stereocenters. The summed E-state index contributed by atoms with van der Waals surface area (Å²) in [7, 11) is -3.48. The maximum atomic E-state index is 12.7. The Balaban J connectivity index is 1.43. The summed E-state index contributed by atoms with van der Waals surface area (Å²) >= 11 is 0. The van der Waals surface area contributed by atoms with Gasteiger partial charge in [0.2, 0.25) is 10.0 Å². The molecule has 0 saturated carbocycles. The molecular formula is C24H27N3O5S. The van der Waals surface area contributed by atoms with Gasteiger partial charge in [-0.15, -0.1) is 0 Å². The van der Waals surface area contributed by atoms with Gasteiger partial charge in [0.15, 0.2) is 0 Å². The molecule has 0 aromatic heterocycles. The fraction of sp³-hybridized carbons (Fsp3) is 0.375. The Morgan fingerprint density at radius 1 is 1.00 bits per heavy atom.